The fourth-order valence-electron chi connectivity index (χ4n) is 2.86. The van der Waals surface area contributed by atoms with Gasteiger partial charge < -0.3 is 15.0 Å². The molecule has 0 radical (unpaired) electrons. The van der Waals surface area contributed by atoms with Gasteiger partial charge in [0.2, 0.25) is 0 Å². The van der Waals surface area contributed by atoms with Crippen molar-refractivity contribution in [3.8, 4) is 0 Å². The van der Waals surface area contributed by atoms with E-state index in [2.05, 4.69) is 43.4 Å². The van der Waals surface area contributed by atoms with Crippen molar-refractivity contribution in [1.82, 2.24) is 10.2 Å². The Morgan fingerprint density at radius 2 is 1.78 bits per heavy atom. The summed E-state index contributed by atoms with van der Waals surface area (Å²) in [6.07, 6.45) is 1.74. The molecular weight excluding hydrogens is 288 g/mol. The first-order chi connectivity index (χ1) is 10.7. The maximum atomic E-state index is 12.1. The molecule has 1 amide bonds. The third-order valence-electron chi connectivity index (χ3n) is 4.21. The van der Waals surface area contributed by atoms with Crippen LogP contribution in [0.1, 0.15) is 57.7 Å². The van der Waals surface area contributed by atoms with Crippen molar-refractivity contribution in [2.45, 2.75) is 65.1 Å². The second kappa shape index (κ2) is 7.35. The van der Waals surface area contributed by atoms with Gasteiger partial charge in [-0.05, 0) is 53.0 Å². The van der Waals surface area contributed by atoms with Crippen molar-refractivity contribution in [2.24, 2.45) is 0 Å². The highest BCUT2D eigenvalue weighted by Gasteiger charge is 2.27. The van der Waals surface area contributed by atoms with Crippen molar-refractivity contribution in [3.63, 3.8) is 0 Å². The molecule has 1 atom stereocenters. The third-order valence-corrected chi connectivity index (χ3v) is 4.21. The number of hydrogen-bond acceptors (Lipinski definition) is 3. The number of likely N-dealkylation sites (tertiary alicyclic amines) is 1. The normalized spacial score (nSPS) is 17.9. The Morgan fingerprint density at radius 1 is 1.22 bits per heavy atom. The standard InChI is InChI=1S/C19H30N2O2/c1-14-6-8-16(9-7-14)15(2)20-17-10-12-21(13-11-17)18(22)23-19(3,4)5/h6-9,15,17,20H,10-13H2,1-5H3/t15-/m1/s1. The number of piperidine rings is 1. The van der Waals surface area contributed by atoms with Gasteiger partial charge in [-0.1, -0.05) is 29.8 Å². The lowest BCUT2D eigenvalue weighted by Crippen LogP contribution is -2.46. The smallest absolute Gasteiger partial charge is 0.410 e. The number of nitrogens with zero attached hydrogens (tertiary/aromatic N) is 1. The molecule has 1 fully saturated rings. The molecule has 0 saturated carbocycles. The lowest BCUT2D eigenvalue weighted by Gasteiger charge is -2.35. The molecule has 4 heteroatoms. The topological polar surface area (TPSA) is 41.6 Å². The number of carbonyl (C=O) groups is 1. The van der Waals surface area contributed by atoms with E-state index < -0.39 is 5.60 Å². The lowest BCUT2D eigenvalue weighted by atomic mass is 10.0. The quantitative estimate of drug-likeness (QED) is 0.914. The Labute approximate surface area is 140 Å². The highest BCUT2D eigenvalue weighted by molar-refractivity contribution is 5.68. The van der Waals surface area contributed by atoms with E-state index in [1.165, 1.54) is 11.1 Å². The predicted octanol–water partition coefficient (Wildman–Crippen LogP) is 4.05. The van der Waals surface area contributed by atoms with E-state index in [4.69, 9.17) is 4.74 Å². The lowest BCUT2D eigenvalue weighted by molar-refractivity contribution is 0.0196. The van der Waals surface area contributed by atoms with Gasteiger partial charge in [0.05, 0.1) is 0 Å². The van der Waals surface area contributed by atoms with Crippen LogP contribution in [-0.2, 0) is 4.74 Å². The highest BCUT2D eigenvalue weighted by atomic mass is 16.6. The number of ether oxygens (including phenoxy) is 1. The molecule has 0 aliphatic carbocycles. The molecule has 4 nitrogen and oxygen atoms in total. The number of rotatable bonds is 3. The Kier molecular flexibility index (Phi) is 5.69. The van der Waals surface area contributed by atoms with Crippen LogP contribution in [0.5, 0.6) is 0 Å². The zero-order valence-corrected chi connectivity index (χ0v) is 15.1. The fraction of sp³-hybridized carbons (Fsp3) is 0.632. The van der Waals surface area contributed by atoms with E-state index in [-0.39, 0.29) is 6.09 Å². The van der Waals surface area contributed by atoms with E-state index in [9.17, 15) is 4.79 Å². The van der Waals surface area contributed by atoms with Crippen LogP contribution in [0.15, 0.2) is 24.3 Å². The van der Waals surface area contributed by atoms with Crippen LogP contribution >= 0.6 is 0 Å². The number of benzene rings is 1. The third kappa shape index (κ3) is 5.54. The monoisotopic (exact) mass is 318 g/mol. The summed E-state index contributed by atoms with van der Waals surface area (Å²) < 4.78 is 5.44. The molecule has 0 aromatic heterocycles. The molecule has 0 bridgehead atoms. The molecule has 2 rings (SSSR count). The molecule has 0 spiro atoms. The first-order valence-corrected chi connectivity index (χ1v) is 8.55. The minimum absolute atomic E-state index is 0.192. The molecule has 1 aromatic carbocycles. The molecule has 23 heavy (non-hydrogen) atoms. The Bertz CT molecular complexity index is 511. The van der Waals surface area contributed by atoms with E-state index in [0.29, 0.717) is 12.1 Å². The maximum absolute atomic E-state index is 12.1. The van der Waals surface area contributed by atoms with E-state index >= 15 is 0 Å². The summed E-state index contributed by atoms with van der Waals surface area (Å²) in [6.45, 7) is 11.5. The van der Waals surface area contributed by atoms with Crippen LogP contribution in [-0.4, -0.2) is 35.7 Å². The van der Waals surface area contributed by atoms with Gasteiger partial charge in [-0.3, -0.25) is 0 Å². The van der Waals surface area contributed by atoms with Crippen molar-refractivity contribution < 1.29 is 9.53 Å². The maximum Gasteiger partial charge on any atom is 0.410 e. The minimum atomic E-state index is -0.424. The number of hydrogen-bond donors (Lipinski definition) is 1. The number of nitrogens with one attached hydrogen (secondary N) is 1. The van der Waals surface area contributed by atoms with Gasteiger partial charge in [-0.2, -0.15) is 0 Å². The Hall–Kier alpha value is -1.55. The first kappa shape index (κ1) is 17.8. The van der Waals surface area contributed by atoms with Gasteiger partial charge in [0.25, 0.3) is 0 Å². The summed E-state index contributed by atoms with van der Waals surface area (Å²) in [5.41, 5.74) is 2.17. The Morgan fingerprint density at radius 3 is 2.30 bits per heavy atom. The molecule has 1 N–H and O–H groups in total. The summed E-state index contributed by atoms with van der Waals surface area (Å²) in [5.74, 6) is 0. The molecule has 1 aliphatic rings. The summed E-state index contributed by atoms with van der Waals surface area (Å²) in [7, 11) is 0. The highest BCUT2D eigenvalue weighted by Crippen LogP contribution is 2.19. The van der Waals surface area contributed by atoms with Gasteiger partial charge in [0.1, 0.15) is 5.60 Å². The van der Waals surface area contributed by atoms with Crippen molar-refractivity contribution in [3.05, 3.63) is 35.4 Å². The summed E-state index contributed by atoms with van der Waals surface area (Å²) in [4.78, 5) is 13.9. The molecule has 1 aromatic rings. The van der Waals surface area contributed by atoms with Gasteiger partial charge in [-0.25, -0.2) is 4.79 Å². The fourth-order valence-corrected chi connectivity index (χ4v) is 2.86. The minimum Gasteiger partial charge on any atom is -0.444 e. The average molecular weight is 318 g/mol. The summed E-state index contributed by atoms with van der Waals surface area (Å²) in [5, 5.41) is 3.68. The van der Waals surface area contributed by atoms with Crippen molar-refractivity contribution in [2.75, 3.05) is 13.1 Å². The van der Waals surface area contributed by atoms with Crippen molar-refractivity contribution >= 4 is 6.09 Å². The zero-order chi connectivity index (χ0) is 17.0. The zero-order valence-electron chi connectivity index (χ0n) is 15.1. The molecule has 1 aliphatic heterocycles. The van der Waals surface area contributed by atoms with Gasteiger partial charge in [0.15, 0.2) is 0 Å². The van der Waals surface area contributed by atoms with Gasteiger partial charge >= 0.3 is 6.09 Å². The van der Waals surface area contributed by atoms with Crippen molar-refractivity contribution in [1.29, 1.82) is 0 Å². The molecular formula is C19H30N2O2. The average Bonchev–Trinajstić information content (AvgIpc) is 2.46. The molecule has 1 heterocycles. The van der Waals surface area contributed by atoms with Crippen LogP contribution in [0.2, 0.25) is 0 Å². The second-order valence-corrected chi connectivity index (χ2v) is 7.54. The van der Waals surface area contributed by atoms with Gasteiger partial charge in [-0.15, -0.1) is 0 Å². The van der Waals surface area contributed by atoms with E-state index in [0.717, 1.165) is 25.9 Å². The van der Waals surface area contributed by atoms with Crippen LogP contribution < -0.4 is 5.32 Å². The number of aryl methyl sites for hydroxylation is 1. The number of carbonyl (C=O) groups excluding carboxylic acids is 1. The SMILES string of the molecule is Cc1ccc([C@@H](C)NC2CCN(C(=O)OC(C)(C)C)CC2)cc1. The second-order valence-electron chi connectivity index (χ2n) is 7.54. The molecule has 128 valence electrons. The largest absolute Gasteiger partial charge is 0.444 e. The molecule has 0 unspecified atom stereocenters. The van der Waals surface area contributed by atoms with E-state index in [1.54, 1.807) is 0 Å². The first-order valence-electron chi connectivity index (χ1n) is 8.55. The van der Waals surface area contributed by atoms with Crippen LogP contribution in [0.25, 0.3) is 0 Å². The van der Waals surface area contributed by atoms with E-state index in [1.807, 2.05) is 25.7 Å². The number of amides is 1. The Balaban J connectivity index is 1.80. The van der Waals surface area contributed by atoms with Gasteiger partial charge in [0, 0.05) is 25.2 Å². The van der Waals surface area contributed by atoms with Crippen LogP contribution in [0.3, 0.4) is 0 Å². The predicted molar refractivity (Wildman–Crippen MR) is 93.6 cm³/mol. The molecule has 1 saturated heterocycles. The summed E-state index contributed by atoms with van der Waals surface area (Å²) >= 11 is 0. The summed E-state index contributed by atoms with van der Waals surface area (Å²) in [6, 6.07) is 9.45. The van der Waals surface area contributed by atoms with Crippen LogP contribution in [0.4, 0.5) is 4.79 Å². The van der Waals surface area contributed by atoms with Crippen LogP contribution in [0, 0.1) is 6.92 Å².